The van der Waals surface area contributed by atoms with Crippen LogP contribution >= 0.6 is 0 Å². The van der Waals surface area contributed by atoms with Crippen molar-refractivity contribution in [3.63, 3.8) is 0 Å². The summed E-state index contributed by atoms with van der Waals surface area (Å²) in [5.41, 5.74) is -0.141. The van der Waals surface area contributed by atoms with Gasteiger partial charge in [-0.2, -0.15) is 0 Å². The van der Waals surface area contributed by atoms with Crippen LogP contribution in [0.1, 0.15) is 34.6 Å². The van der Waals surface area contributed by atoms with Gasteiger partial charge in [0.1, 0.15) is 0 Å². The summed E-state index contributed by atoms with van der Waals surface area (Å²) in [6.45, 7) is 9.48. The van der Waals surface area contributed by atoms with Crippen molar-refractivity contribution < 1.29 is 9.90 Å². The fourth-order valence-electron chi connectivity index (χ4n) is 1.13. The van der Waals surface area contributed by atoms with Gasteiger partial charge in [-0.15, -0.1) is 0 Å². The van der Waals surface area contributed by atoms with E-state index in [-0.39, 0.29) is 23.8 Å². The zero-order valence-electron chi connectivity index (χ0n) is 9.22. The van der Waals surface area contributed by atoms with E-state index in [2.05, 4.69) is 5.32 Å². The Balaban J connectivity index is 4.27. The Kier molecular flexibility index (Phi) is 4.57. The van der Waals surface area contributed by atoms with Crippen LogP contribution in [0.4, 0.5) is 0 Å². The van der Waals surface area contributed by atoms with Crippen LogP contribution in [-0.2, 0) is 4.79 Å². The normalized spacial score (nSPS) is 14.7. The van der Waals surface area contributed by atoms with Crippen molar-refractivity contribution in [3.05, 3.63) is 0 Å². The maximum atomic E-state index is 11.5. The molecule has 0 spiro atoms. The summed E-state index contributed by atoms with van der Waals surface area (Å²) in [6.07, 6.45) is 0. The average Bonchev–Trinajstić information content (AvgIpc) is 1.97. The molecule has 0 aromatic carbocycles. The number of aliphatic hydroxyl groups excluding tert-OH is 1. The first-order valence-corrected chi connectivity index (χ1v) is 4.70. The van der Waals surface area contributed by atoms with E-state index in [0.717, 1.165) is 0 Å². The molecule has 0 aliphatic carbocycles. The molecular formula is C10H21NO2. The quantitative estimate of drug-likeness (QED) is 0.689. The summed E-state index contributed by atoms with van der Waals surface area (Å²) in [4.78, 5) is 11.5. The van der Waals surface area contributed by atoms with Gasteiger partial charge in [0.15, 0.2) is 5.78 Å². The lowest BCUT2D eigenvalue weighted by Crippen LogP contribution is -2.50. The van der Waals surface area contributed by atoms with Crippen molar-refractivity contribution in [2.45, 2.75) is 46.2 Å². The summed E-state index contributed by atoms with van der Waals surface area (Å²) < 4.78 is 0. The first-order valence-electron chi connectivity index (χ1n) is 4.70. The number of nitrogens with one attached hydrogen (secondary N) is 1. The molecule has 0 bridgehead atoms. The van der Waals surface area contributed by atoms with Gasteiger partial charge >= 0.3 is 0 Å². The molecule has 0 saturated carbocycles. The minimum absolute atomic E-state index is 0.0352. The van der Waals surface area contributed by atoms with Gasteiger partial charge in [-0.05, 0) is 20.8 Å². The Morgan fingerprint density at radius 1 is 1.38 bits per heavy atom. The van der Waals surface area contributed by atoms with Gasteiger partial charge in [0.25, 0.3) is 0 Å². The van der Waals surface area contributed by atoms with E-state index in [1.807, 2.05) is 34.6 Å². The molecule has 1 atom stereocenters. The van der Waals surface area contributed by atoms with E-state index >= 15 is 0 Å². The predicted octanol–water partition coefficient (Wildman–Crippen LogP) is 0.960. The number of hydrogen-bond acceptors (Lipinski definition) is 3. The summed E-state index contributed by atoms with van der Waals surface area (Å²) >= 11 is 0. The maximum Gasteiger partial charge on any atom is 0.154 e. The molecular weight excluding hydrogens is 166 g/mol. The van der Waals surface area contributed by atoms with Crippen LogP contribution < -0.4 is 5.32 Å². The van der Waals surface area contributed by atoms with Crippen molar-refractivity contribution in [3.8, 4) is 0 Å². The highest BCUT2D eigenvalue weighted by molar-refractivity contribution is 5.85. The summed E-state index contributed by atoms with van der Waals surface area (Å²) in [6, 6.07) is -0.431. The molecule has 78 valence electrons. The van der Waals surface area contributed by atoms with E-state index < -0.39 is 6.04 Å². The second kappa shape index (κ2) is 4.72. The van der Waals surface area contributed by atoms with Crippen LogP contribution in [0, 0.1) is 5.92 Å². The lowest BCUT2D eigenvalue weighted by atomic mass is 9.99. The second-order valence-corrected chi connectivity index (χ2v) is 4.69. The van der Waals surface area contributed by atoms with E-state index in [4.69, 9.17) is 5.11 Å². The number of carbonyl (C=O) groups excluding carboxylic acids is 1. The van der Waals surface area contributed by atoms with Crippen molar-refractivity contribution in [2.24, 2.45) is 5.92 Å². The zero-order chi connectivity index (χ0) is 10.6. The average molecular weight is 187 g/mol. The number of ketones is 1. The molecule has 3 heteroatoms. The lowest BCUT2D eigenvalue weighted by Gasteiger charge is -2.27. The second-order valence-electron chi connectivity index (χ2n) is 4.69. The third-order valence-corrected chi connectivity index (χ3v) is 1.70. The summed E-state index contributed by atoms with van der Waals surface area (Å²) in [5.74, 6) is 0.0319. The van der Waals surface area contributed by atoms with Crippen molar-refractivity contribution in [1.82, 2.24) is 5.32 Å². The van der Waals surface area contributed by atoms with Crippen LogP contribution in [0.2, 0.25) is 0 Å². The Morgan fingerprint density at radius 2 is 1.85 bits per heavy atom. The molecule has 0 aromatic heterocycles. The van der Waals surface area contributed by atoms with Crippen LogP contribution in [-0.4, -0.2) is 29.1 Å². The molecule has 0 saturated heterocycles. The third kappa shape index (κ3) is 5.01. The van der Waals surface area contributed by atoms with Crippen LogP contribution in [0.3, 0.4) is 0 Å². The molecule has 1 unspecified atom stereocenters. The van der Waals surface area contributed by atoms with Gasteiger partial charge in [-0.3, -0.25) is 4.79 Å². The van der Waals surface area contributed by atoms with Gasteiger partial charge in [-0.25, -0.2) is 0 Å². The lowest BCUT2D eigenvalue weighted by molar-refractivity contribution is -0.125. The van der Waals surface area contributed by atoms with Crippen LogP contribution in [0.5, 0.6) is 0 Å². The molecule has 0 fully saturated rings. The molecule has 0 radical (unpaired) electrons. The van der Waals surface area contributed by atoms with E-state index in [1.54, 1.807) is 0 Å². The first-order chi connectivity index (χ1) is 5.78. The molecule has 0 rings (SSSR count). The van der Waals surface area contributed by atoms with Crippen molar-refractivity contribution in [1.29, 1.82) is 0 Å². The monoisotopic (exact) mass is 187 g/mol. The molecule has 0 aliphatic heterocycles. The predicted molar refractivity (Wildman–Crippen MR) is 53.6 cm³/mol. The molecule has 2 N–H and O–H groups in total. The van der Waals surface area contributed by atoms with E-state index in [1.165, 1.54) is 0 Å². The highest BCUT2D eigenvalue weighted by atomic mass is 16.3. The molecule has 0 amide bonds. The summed E-state index contributed by atoms with van der Waals surface area (Å²) in [5, 5.41) is 12.1. The maximum absolute atomic E-state index is 11.5. The van der Waals surface area contributed by atoms with Gasteiger partial charge in [0, 0.05) is 11.5 Å². The van der Waals surface area contributed by atoms with Gasteiger partial charge in [0.2, 0.25) is 0 Å². The van der Waals surface area contributed by atoms with Crippen LogP contribution in [0.15, 0.2) is 0 Å². The fraction of sp³-hybridized carbons (Fsp3) is 0.900. The smallest absolute Gasteiger partial charge is 0.154 e. The number of hydrogen-bond donors (Lipinski definition) is 2. The third-order valence-electron chi connectivity index (χ3n) is 1.70. The highest BCUT2D eigenvalue weighted by Crippen LogP contribution is 2.05. The SMILES string of the molecule is CC(C)C(=O)C(CO)NC(C)(C)C. The Labute approximate surface area is 80.5 Å². The number of aliphatic hydroxyl groups is 1. The van der Waals surface area contributed by atoms with Gasteiger partial charge in [0.05, 0.1) is 12.6 Å². The topological polar surface area (TPSA) is 49.3 Å². The number of rotatable bonds is 4. The minimum Gasteiger partial charge on any atom is -0.394 e. The molecule has 13 heavy (non-hydrogen) atoms. The Hall–Kier alpha value is -0.410. The molecule has 0 heterocycles. The standard InChI is InChI=1S/C10H21NO2/c1-7(2)9(13)8(6-12)11-10(3,4)5/h7-8,11-12H,6H2,1-5H3. The van der Waals surface area contributed by atoms with E-state index in [9.17, 15) is 4.79 Å². The molecule has 3 nitrogen and oxygen atoms in total. The van der Waals surface area contributed by atoms with Gasteiger partial charge < -0.3 is 10.4 Å². The van der Waals surface area contributed by atoms with Crippen molar-refractivity contribution in [2.75, 3.05) is 6.61 Å². The van der Waals surface area contributed by atoms with Crippen LogP contribution in [0.25, 0.3) is 0 Å². The molecule has 0 aromatic rings. The number of Topliss-reactive ketones (excluding diaryl/α,β-unsaturated/α-hetero) is 1. The largest absolute Gasteiger partial charge is 0.394 e. The Morgan fingerprint density at radius 3 is 2.08 bits per heavy atom. The van der Waals surface area contributed by atoms with Crippen molar-refractivity contribution >= 4 is 5.78 Å². The van der Waals surface area contributed by atoms with E-state index in [0.29, 0.717) is 0 Å². The van der Waals surface area contributed by atoms with Gasteiger partial charge in [-0.1, -0.05) is 13.8 Å². The highest BCUT2D eigenvalue weighted by Gasteiger charge is 2.24. The minimum atomic E-state index is -0.431. The summed E-state index contributed by atoms with van der Waals surface area (Å²) in [7, 11) is 0. The zero-order valence-corrected chi connectivity index (χ0v) is 9.22. The molecule has 0 aliphatic rings. The first kappa shape index (κ1) is 12.6. The number of carbonyl (C=O) groups is 1. The fourth-order valence-corrected chi connectivity index (χ4v) is 1.13. The Bertz CT molecular complexity index is 170.